The molecule has 2 aromatic rings. The number of likely N-dealkylation sites (N-methyl/N-ethyl adjacent to an activating group) is 1. The van der Waals surface area contributed by atoms with Crippen LogP contribution in [0, 0.1) is 0 Å². The minimum Gasteiger partial charge on any atom is -0.362 e. The zero-order valence-corrected chi connectivity index (χ0v) is 13.1. The van der Waals surface area contributed by atoms with Crippen LogP contribution < -0.4 is 4.90 Å². The van der Waals surface area contributed by atoms with E-state index in [1.54, 1.807) is 0 Å². The molecule has 1 atom stereocenters. The number of benzene rings is 2. The number of rotatable bonds is 0. The van der Waals surface area contributed by atoms with Gasteiger partial charge in [-0.1, -0.05) is 42.5 Å². The Hall–Kier alpha value is -1.51. The molecule has 1 fully saturated rings. The fourth-order valence-electron chi connectivity index (χ4n) is 3.64. The number of fused-ring (bicyclic) bond motifs is 5. The molecule has 3 heteroatoms. The third kappa shape index (κ3) is 2.43. The molecule has 0 bridgehead atoms. The van der Waals surface area contributed by atoms with Crippen LogP contribution in [0.25, 0.3) is 0 Å². The number of hydrogen-bond donors (Lipinski definition) is 0. The standard InChI is InChI=1S/C18H20N2.ClH/c1-19-10-11-20-17-9-5-3-7-15(17)12-14-6-2-4-8-16(14)18(20)13-19;/h2-9,18H,10-13H2,1H3;1H/t18-;/m1./s1. The molecule has 0 saturated carbocycles. The van der Waals surface area contributed by atoms with Crippen LogP contribution in [0.4, 0.5) is 5.69 Å². The van der Waals surface area contributed by atoms with Crippen LogP contribution in [0.5, 0.6) is 0 Å². The number of nitrogens with zero attached hydrogens (tertiary/aromatic N) is 2. The van der Waals surface area contributed by atoms with Gasteiger partial charge in [-0.2, -0.15) is 0 Å². The van der Waals surface area contributed by atoms with Crippen molar-refractivity contribution in [2.45, 2.75) is 12.5 Å². The lowest BCUT2D eigenvalue weighted by Gasteiger charge is -2.41. The molecule has 0 spiro atoms. The van der Waals surface area contributed by atoms with E-state index in [4.69, 9.17) is 0 Å². The zero-order chi connectivity index (χ0) is 13.5. The highest BCUT2D eigenvalue weighted by molar-refractivity contribution is 5.85. The van der Waals surface area contributed by atoms with Gasteiger partial charge in [0.2, 0.25) is 0 Å². The molecule has 110 valence electrons. The summed E-state index contributed by atoms with van der Waals surface area (Å²) in [5, 5.41) is 0. The minimum atomic E-state index is 0. The van der Waals surface area contributed by atoms with Crippen molar-refractivity contribution in [3.05, 3.63) is 65.2 Å². The van der Waals surface area contributed by atoms with Crippen LogP contribution in [-0.4, -0.2) is 31.6 Å². The summed E-state index contributed by atoms with van der Waals surface area (Å²) in [7, 11) is 2.23. The first kappa shape index (κ1) is 14.4. The van der Waals surface area contributed by atoms with Gasteiger partial charge in [0.15, 0.2) is 0 Å². The Kier molecular flexibility index (Phi) is 3.92. The van der Waals surface area contributed by atoms with E-state index in [0.29, 0.717) is 6.04 Å². The summed E-state index contributed by atoms with van der Waals surface area (Å²) in [6, 6.07) is 18.4. The van der Waals surface area contributed by atoms with Crippen molar-refractivity contribution in [1.29, 1.82) is 0 Å². The average molecular weight is 301 g/mol. The third-order valence-electron chi connectivity index (χ3n) is 4.68. The molecule has 21 heavy (non-hydrogen) atoms. The second-order valence-corrected chi connectivity index (χ2v) is 5.98. The van der Waals surface area contributed by atoms with Crippen molar-refractivity contribution in [2.24, 2.45) is 0 Å². The Morgan fingerprint density at radius 3 is 2.48 bits per heavy atom. The van der Waals surface area contributed by atoms with Crippen molar-refractivity contribution >= 4 is 18.1 Å². The molecule has 0 aromatic heterocycles. The number of anilines is 1. The Bertz CT molecular complexity index is 641. The molecule has 2 aliphatic rings. The van der Waals surface area contributed by atoms with Gasteiger partial charge >= 0.3 is 0 Å². The first-order valence-electron chi connectivity index (χ1n) is 7.44. The molecule has 2 aromatic carbocycles. The lowest BCUT2D eigenvalue weighted by molar-refractivity contribution is 0.269. The Morgan fingerprint density at radius 2 is 1.62 bits per heavy atom. The summed E-state index contributed by atoms with van der Waals surface area (Å²) < 4.78 is 0. The largest absolute Gasteiger partial charge is 0.362 e. The van der Waals surface area contributed by atoms with Crippen molar-refractivity contribution < 1.29 is 0 Å². The number of piperazine rings is 1. The maximum atomic E-state index is 2.61. The van der Waals surface area contributed by atoms with Crippen molar-refractivity contribution in [3.63, 3.8) is 0 Å². The van der Waals surface area contributed by atoms with Gasteiger partial charge in [-0.3, -0.25) is 0 Å². The van der Waals surface area contributed by atoms with Gasteiger partial charge in [0.05, 0.1) is 6.04 Å². The Balaban J connectivity index is 0.00000132. The second-order valence-electron chi connectivity index (χ2n) is 5.98. The van der Waals surface area contributed by atoms with Gasteiger partial charge in [-0.25, -0.2) is 0 Å². The molecule has 0 amide bonds. The maximum Gasteiger partial charge on any atom is 0.0672 e. The SMILES string of the molecule is CN1CCN2c3ccccc3Cc3ccccc3[C@H]2C1.Cl. The Morgan fingerprint density at radius 1 is 0.905 bits per heavy atom. The van der Waals surface area contributed by atoms with E-state index < -0.39 is 0 Å². The molecule has 2 heterocycles. The lowest BCUT2D eigenvalue weighted by Crippen LogP contribution is -2.46. The molecular formula is C18H21ClN2. The molecule has 0 unspecified atom stereocenters. The van der Waals surface area contributed by atoms with Crippen LogP contribution >= 0.6 is 12.4 Å². The Labute approximate surface area is 132 Å². The van der Waals surface area contributed by atoms with E-state index in [0.717, 1.165) is 26.1 Å². The van der Waals surface area contributed by atoms with E-state index >= 15 is 0 Å². The molecule has 2 nitrogen and oxygen atoms in total. The van der Waals surface area contributed by atoms with Crippen LogP contribution in [-0.2, 0) is 6.42 Å². The molecular weight excluding hydrogens is 280 g/mol. The quantitative estimate of drug-likeness (QED) is 0.735. The number of halogens is 1. The normalized spacial score (nSPS) is 20.6. The summed E-state index contributed by atoms with van der Waals surface area (Å²) in [6.45, 7) is 3.38. The van der Waals surface area contributed by atoms with Gasteiger partial charge < -0.3 is 9.80 Å². The van der Waals surface area contributed by atoms with E-state index in [2.05, 4.69) is 65.4 Å². The van der Waals surface area contributed by atoms with Gasteiger partial charge in [-0.05, 0) is 36.2 Å². The first-order chi connectivity index (χ1) is 9.83. The summed E-state index contributed by atoms with van der Waals surface area (Å²) in [5.41, 5.74) is 5.90. The van der Waals surface area contributed by atoms with E-state index in [-0.39, 0.29) is 12.4 Å². The number of hydrogen-bond acceptors (Lipinski definition) is 2. The topological polar surface area (TPSA) is 6.48 Å². The lowest BCUT2D eigenvalue weighted by atomic mass is 9.96. The molecule has 0 aliphatic carbocycles. The molecule has 4 rings (SSSR count). The van der Waals surface area contributed by atoms with Crippen LogP contribution in [0.1, 0.15) is 22.7 Å². The summed E-state index contributed by atoms with van der Waals surface area (Å²) >= 11 is 0. The van der Waals surface area contributed by atoms with Crippen molar-refractivity contribution in [3.8, 4) is 0 Å². The second kappa shape index (κ2) is 5.70. The highest BCUT2D eigenvalue weighted by Crippen LogP contribution is 2.38. The molecule has 1 saturated heterocycles. The summed E-state index contributed by atoms with van der Waals surface area (Å²) in [5.74, 6) is 0. The maximum absolute atomic E-state index is 2.61. The van der Waals surface area contributed by atoms with Crippen LogP contribution in [0.15, 0.2) is 48.5 Å². The predicted octanol–water partition coefficient (Wildman–Crippen LogP) is 3.51. The fourth-order valence-corrected chi connectivity index (χ4v) is 3.64. The average Bonchev–Trinajstić information content (AvgIpc) is 2.61. The molecule has 2 aliphatic heterocycles. The van der Waals surface area contributed by atoms with Crippen LogP contribution in [0.2, 0.25) is 0 Å². The van der Waals surface area contributed by atoms with Gasteiger partial charge in [-0.15, -0.1) is 12.4 Å². The summed E-state index contributed by atoms with van der Waals surface area (Å²) in [4.78, 5) is 5.06. The molecule has 0 N–H and O–H groups in total. The first-order valence-corrected chi connectivity index (χ1v) is 7.44. The fraction of sp³-hybridized carbons (Fsp3) is 0.333. The number of para-hydroxylation sites is 1. The molecule has 0 radical (unpaired) electrons. The van der Waals surface area contributed by atoms with E-state index in [1.807, 2.05) is 0 Å². The van der Waals surface area contributed by atoms with Crippen molar-refractivity contribution in [1.82, 2.24) is 4.90 Å². The van der Waals surface area contributed by atoms with E-state index in [1.165, 1.54) is 22.4 Å². The van der Waals surface area contributed by atoms with Crippen molar-refractivity contribution in [2.75, 3.05) is 31.6 Å². The summed E-state index contributed by atoms with van der Waals surface area (Å²) in [6.07, 6.45) is 1.06. The monoisotopic (exact) mass is 300 g/mol. The predicted molar refractivity (Wildman–Crippen MR) is 90.5 cm³/mol. The van der Waals surface area contributed by atoms with Gasteiger partial charge in [0.25, 0.3) is 0 Å². The zero-order valence-electron chi connectivity index (χ0n) is 12.3. The third-order valence-corrected chi connectivity index (χ3v) is 4.68. The van der Waals surface area contributed by atoms with Gasteiger partial charge in [0, 0.05) is 25.3 Å². The minimum absolute atomic E-state index is 0. The highest BCUT2D eigenvalue weighted by atomic mass is 35.5. The highest BCUT2D eigenvalue weighted by Gasteiger charge is 2.31. The smallest absolute Gasteiger partial charge is 0.0672 e. The van der Waals surface area contributed by atoms with Gasteiger partial charge in [0.1, 0.15) is 0 Å². The van der Waals surface area contributed by atoms with E-state index in [9.17, 15) is 0 Å². The van der Waals surface area contributed by atoms with Crippen LogP contribution in [0.3, 0.4) is 0 Å².